The van der Waals surface area contributed by atoms with Gasteiger partial charge in [-0.15, -0.1) is 0 Å². The molecule has 19 heavy (non-hydrogen) atoms. The van der Waals surface area contributed by atoms with Gasteiger partial charge < -0.3 is 5.11 Å². The summed E-state index contributed by atoms with van der Waals surface area (Å²) in [5.41, 5.74) is 0.930. The molecule has 0 aliphatic carbocycles. The first-order valence-electron chi connectivity index (χ1n) is 7.91. The summed E-state index contributed by atoms with van der Waals surface area (Å²) in [6.07, 6.45) is 14.1. The molecule has 0 aliphatic rings. The third-order valence-electron chi connectivity index (χ3n) is 3.78. The zero-order valence-corrected chi connectivity index (χ0v) is 12.6. The molecule has 0 bridgehead atoms. The fourth-order valence-corrected chi connectivity index (χ4v) is 2.51. The van der Waals surface area contributed by atoms with Crippen molar-refractivity contribution in [3.05, 3.63) is 18.0 Å². The standard InChI is InChI=1S/C16H30N2O/c1-3-4-5-6-7-8-9-10-11-12-16(19)15-13-14-17-18(15)2/h13-14,16,19H,3-12H2,1-2H3. The quantitative estimate of drug-likeness (QED) is 0.604. The van der Waals surface area contributed by atoms with Crippen molar-refractivity contribution in [1.29, 1.82) is 0 Å². The smallest absolute Gasteiger partial charge is 0.0956 e. The Kier molecular flexibility index (Phi) is 8.55. The van der Waals surface area contributed by atoms with Crippen molar-refractivity contribution in [3.8, 4) is 0 Å². The first-order chi connectivity index (χ1) is 9.25. The van der Waals surface area contributed by atoms with E-state index in [9.17, 15) is 5.11 Å². The molecule has 0 spiro atoms. The first kappa shape index (κ1) is 16.2. The highest BCUT2D eigenvalue weighted by molar-refractivity contribution is 5.03. The zero-order chi connectivity index (χ0) is 13.9. The van der Waals surface area contributed by atoms with E-state index in [1.807, 2.05) is 13.1 Å². The second kappa shape index (κ2) is 10.0. The highest BCUT2D eigenvalue weighted by atomic mass is 16.3. The van der Waals surface area contributed by atoms with E-state index < -0.39 is 0 Å². The SMILES string of the molecule is CCCCCCCCCCCC(O)c1ccnn1C. The van der Waals surface area contributed by atoms with Crippen LogP contribution in [0, 0.1) is 0 Å². The van der Waals surface area contributed by atoms with Crippen LogP contribution in [0.25, 0.3) is 0 Å². The summed E-state index contributed by atoms with van der Waals surface area (Å²) in [5, 5.41) is 14.1. The summed E-state index contributed by atoms with van der Waals surface area (Å²) in [6, 6.07) is 1.90. The number of hydrogen-bond acceptors (Lipinski definition) is 2. The maximum absolute atomic E-state index is 10.0. The number of aliphatic hydroxyl groups is 1. The van der Waals surface area contributed by atoms with Gasteiger partial charge in [-0.3, -0.25) is 4.68 Å². The van der Waals surface area contributed by atoms with Crippen LogP contribution in [0.3, 0.4) is 0 Å². The second-order valence-corrected chi connectivity index (χ2v) is 5.51. The van der Waals surface area contributed by atoms with Gasteiger partial charge in [0.2, 0.25) is 0 Å². The van der Waals surface area contributed by atoms with Crippen molar-refractivity contribution in [2.45, 2.75) is 77.2 Å². The molecule has 3 heteroatoms. The van der Waals surface area contributed by atoms with Crippen LogP contribution in [0.2, 0.25) is 0 Å². The Morgan fingerprint density at radius 2 is 1.63 bits per heavy atom. The Morgan fingerprint density at radius 3 is 2.16 bits per heavy atom. The van der Waals surface area contributed by atoms with Crippen molar-refractivity contribution in [1.82, 2.24) is 9.78 Å². The number of aliphatic hydroxyl groups excluding tert-OH is 1. The van der Waals surface area contributed by atoms with Gasteiger partial charge in [-0.1, -0.05) is 64.7 Å². The van der Waals surface area contributed by atoms with E-state index >= 15 is 0 Å². The Bertz CT molecular complexity index is 322. The van der Waals surface area contributed by atoms with Crippen molar-refractivity contribution in [2.75, 3.05) is 0 Å². The van der Waals surface area contributed by atoms with Gasteiger partial charge in [0, 0.05) is 13.2 Å². The van der Waals surface area contributed by atoms with Crippen molar-refractivity contribution < 1.29 is 5.11 Å². The van der Waals surface area contributed by atoms with E-state index in [0.717, 1.165) is 18.5 Å². The van der Waals surface area contributed by atoms with Gasteiger partial charge in [-0.05, 0) is 12.5 Å². The molecule has 1 heterocycles. The number of rotatable bonds is 11. The van der Waals surface area contributed by atoms with E-state index in [0.29, 0.717) is 0 Å². The predicted octanol–water partition coefficient (Wildman–Crippen LogP) is 4.37. The predicted molar refractivity (Wildman–Crippen MR) is 80.0 cm³/mol. The van der Waals surface area contributed by atoms with E-state index in [1.165, 1.54) is 51.4 Å². The van der Waals surface area contributed by atoms with Gasteiger partial charge in [0.1, 0.15) is 0 Å². The molecule has 0 fully saturated rings. The van der Waals surface area contributed by atoms with Crippen LogP contribution in [0.15, 0.2) is 12.3 Å². The lowest BCUT2D eigenvalue weighted by Gasteiger charge is -2.10. The van der Waals surface area contributed by atoms with Crippen LogP contribution in [0.5, 0.6) is 0 Å². The average Bonchev–Trinajstić information content (AvgIpc) is 2.83. The maximum atomic E-state index is 10.0. The Hall–Kier alpha value is -0.830. The van der Waals surface area contributed by atoms with Crippen LogP contribution in [0.1, 0.15) is 82.9 Å². The number of unbranched alkanes of at least 4 members (excludes halogenated alkanes) is 8. The van der Waals surface area contributed by atoms with Crippen LogP contribution in [0.4, 0.5) is 0 Å². The molecule has 110 valence electrons. The van der Waals surface area contributed by atoms with Crippen molar-refractivity contribution in [3.63, 3.8) is 0 Å². The Labute approximate surface area is 118 Å². The molecule has 1 aromatic heterocycles. The molecular formula is C16H30N2O. The van der Waals surface area contributed by atoms with Gasteiger partial charge >= 0.3 is 0 Å². The maximum Gasteiger partial charge on any atom is 0.0956 e. The summed E-state index contributed by atoms with van der Waals surface area (Å²) >= 11 is 0. The molecule has 1 unspecified atom stereocenters. The van der Waals surface area contributed by atoms with E-state index in [2.05, 4.69) is 12.0 Å². The Morgan fingerprint density at radius 1 is 1.05 bits per heavy atom. The lowest BCUT2D eigenvalue weighted by atomic mass is 10.0. The van der Waals surface area contributed by atoms with Gasteiger partial charge in [-0.2, -0.15) is 5.10 Å². The lowest BCUT2D eigenvalue weighted by molar-refractivity contribution is 0.154. The van der Waals surface area contributed by atoms with Crippen LogP contribution in [-0.2, 0) is 7.05 Å². The van der Waals surface area contributed by atoms with Crippen LogP contribution in [-0.4, -0.2) is 14.9 Å². The molecule has 0 saturated heterocycles. The minimum absolute atomic E-state index is 0.350. The molecule has 1 rings (SSSR count). The van der Waals surface area contributed by atoms with Gasteiger partial charge in [0.25, 0.3) is 0 Å². The third kappa shape index (κ3) is 6.76. The normalized spacial score (nSPS) is 12.8. The number of aryl methyl sites for hydroxylation is 1. The summed E-state index contributed by atoms with van der Waals surface area (Å²) in [7, 11) is 1.88. The average molecular weight is 266 g/mol. The molecule has 1 N–H and O–H groups in total. The van der Waals surface area contributed by atoms with E-state index in [1.54, 1.807) is 10.9 Å². The molecule has 1 aromatic rings. The Balaban J connectivity index is 1.95. The summed E-state index contributed by atoms with van der Waals surface area (Å²) in [5.74, 6) is 0. The highest BCUT2D eigenvalue weighted by Crippen LogP contribution is 2.19. The molecule has 0 amide bonds. The molecule has 0 radical (unpaired) electrons. The van der Waals surface area contributed by atoms with Gasteiger partial charge in [-0.25, -0.2) is 0 Å². The topological polar surface area (TPSA) is 38.1 Å². The molecule has 3 nitrogen and oxygen atoms in total. The fourth-order valence-electron chi connectivity index (χ4n) is 2.51. The second-order valence-electron chi connectivity index (χ2n) is 5.51. The largest absolute Gasteiger partial charge is 0.387 e. The van der Waals surface area contributed by atoms with E-state index in [4.69, 9.17) is 0 Å². The fraction of sp³-hybridized carbons (Fsp3) is 0.812. The van der Waals surface area contributed by atoms with E-state index in [-0.39, 0.29) is 6.10 Å². The zero-order valence-electron chi connectivity index (χ0n) is 12.6. The third-order valence-corrected chi connectivity index (χ3v) is 3.78. The molecule has 0 saturated carbocycles. The molecule has 1 atom stereocenters. The molecular weight excluding hydrogens is 236 g/mol. The number of hydrogen-bond donors (Lipinski definition) is 1. The lowest BCUT2D eigenvalue weighted by Crippen LogP contribution is -2.05. The summed E-state index contributed by atoms with van der Waals surface area (Å²) < 4.78 is 1.76. The van der Waals surface area contributed by atoms with Gasteiger partial charge in [0.05, 0.1) is 11.8 Å². The van der Waals surface area contributed by atoms with Gasteiger partial charge in [0.15, 0.2) is 0 Å². The highest BCUT2D eigenvalue weighted by Gasteiger charge is 2.10. The monoisotopic (exact) mass is 266 g/mol. The summed E-state index contributed by atoms with van der Waals surface area (Å²) in [6.45, 7) is 2.26. The number of nitrogens with zero attached hydrogens (tertiary/aromatic N) is 2. The summed E-state index contributed by atoms with van der Waals surface area (Å²) in [4.78, 5) is 0. The minimum atomic E-state index is -0.350. The minimum Gasteiger partial charge on any atom is -0.387 e. The number of aromatic nitrogens is 2. The first-order valence-corrected chi connectivity index (χ1v) is 7.91. The van der Waals surface area contributed by atoms with Crippen LogP contribution >= 0.6 is 0 Å². The van der Waals surface area contributed by atoms with Crippen LogP contribution < -0.4 is 0 Å². The molecule has 0 aliphatic heterocycles. The molecule has 0 aromatic carbocycles. The van der Waals surface area contributed by atoms with Crippen molar-refractivity contribution in [2.24, 2.45) is 7.05 Å². The van der Waals surface area contributed by atoms with Crippen molar-refractivity contribution >= 4 is 0 Å².